The van der Waals surface area contributed by atoms with Crippen LogP contribution in [0.5, 0.6) is 0 Å². The second-order valence-electron chi connectivity index (χ2n) is 6.84. The minimum Gasteiger partial charge on any atom is -0.471 e. The standard InChI is InChI=1S/C12H17N.C9H5F2NO.C2H4O2/c1-3-10-11-7-5-4-6-9(11)8-12(10)13-2;10-6-1-5-2-7(4-13)12-9(5)8(11)3-6;1-4-2-3/h4-7,10,12-13H,3,8H2,1-2H3;1-4,12H;2H,1H3/t10-,12?;;/m1../s1. The van der Waals surface area contributed by atoms with Crippen LogP contribution >= 0.6 is 0 Å². The van der Waals surface area contributed by atoms with E-state index in [1.165, 1.54) is 37.6 Å². The Bertz CT molecular complexity index is 988. The van der Waals surface area contributed by atoms with Gasteiger partial charge in [0.1, 0.15) is 11.6 Å². The molecule has 1 heterocycles. The quantitative estimate of drug-likeness (QED) is 0.620. The van der Waals surface area contributed by atoms with E-state index in [2.05, 4.69) is 53.3 Å². The molecule has 7 heteroatoms. The zero-order valence-corrected chi connectivity index (χ0v) is 17.2. The van der Waals surface area contributed by atoms with Gasteiger partial charge in [0.15, 0.2) is 6.29 Å². The maximum Gasteiger partial charge on any atom is 0.292 e. The first-order chi connectivity index (χ1) is 14.5. The number of benzene rings is 2. The van der Waals surface area contributed by atoms with E-state index in [0.717, 1.165) is 12.0 Å². The number of hydrogen-bond acceptors (Lipinski definition) is 4. The molecule has 0 radical (unpaired) electrons. The van der Waals surface area contributed by atoms with Crippen molar-refractivity contribution in [2.24, 2.45) is 0 Å². The third-order valence-electron chi connectivity index (χ3n) is 5.08. The van der Waals surface area contributed by atoms with Crippen LogP contribution in [0.3, 0.4) is 0 Å². The lowest BCUT2D eigenvalue weighted by atomic mass is 9.96. The van der Waals surface area contributed by atoms with Gasteiger partial charge in [-0.25, -0.2) is 8.78 Å². The first kappa shape index (κ1) is 23.2. The Labute approximate surface area is 174 Å². The summed E-state index contributed by atoms with van der Waals surface area (Å²) in [6.07, 6.45) is 2.99. The van der Waals surface area contributed by atoms with Crippen molar-refractivity contribution in [2.45, 2.75) is 31.7 Å². The molecule has 0 saturated heterocycles. The van der Waals surface area contributed by atoms with Gasteiger partial charge in [-0.1, -0.05) is 31.2 Å². The fourth-order valence-corrected chi connectivity index (χ4v) is 3.74. The van der Waals surface area contributed by atoms with Crippen LogP contribution in [0.4, 0.5) is 8.78 Å². The smallest absolute Gasteiger partial charge is 0.292 e. The number of aromatic nitrogens is 1. The Kier molecular flexibility index (Phi) is 8.68. The van der Waals surface area contributed by atoms with Gasteiger partial charge in [-0.3, -0.25) is 9.59 Å². The Morgan fingerprint density at radius 1 is 1.20 bits per heavy atom. The maximum atomic E-state index is 13.0. The maximum absolute atomic E-state index is 13.0. The lowest BCUT2D eigenvalue weighted by molar-refractivity contribution is -0.126. The highest BCUT2D eigenvalue weighted by Crippen LogP contribution is 2.35. The summed E-state index contributed by atoms with van der Waals surface area (Å²) in [4.78, 5) is 21.8. The fraction of sp³-hybridized carbons (Fsp3) is 0.304. The zero-order valence-electron chi connectivity index (χ0n) is 17.2. The molecule has 5 nitrogen and oxygen atoms in total. The van der Waals surface area contributed by atoms with Crippen LogP contribution in [0, 0.1) is 11.6 Å². The van der Waals surface area contributed by atoms with Crippen LogP contribution in [0.2, 0.25) is 0 Å². The summed E-state index contributed by atoms with van der Waals surface area (Å²) in [6.45, 7) is 2.65. The molecule has 0 aliphatic heterocycles. The number of methoxy groups -OCH3 is 1. The molecule has 0 amide bonds. The van der Waals surface area contributed by atoms with Crippen molar-refractivity contribution in [3.63, 3.8) is 0 Å². The number of halogens is 2. The van der Waals surface area contributed by atoms with E-state index in [-0.39, 0.29) is 11.2 Å². The van der Waals surface area contributed by atoms with Crippen molar-refractivity contribution in [1.29, 1.82) is 0 Å². The van der Waals surface area contributed by atoms with Gasteiger partial charge in [0, 0.05) is 17.5 Å². The van der Waals surface area contributed by atoms with E-state index in [0.29, 0.717) is 24.2 Å². The summed E-state index contributed by atoms with van der Waals surface area (Å²) < 4.78 is 29.5. The van der Waals surface area contributed by atoms with E-state index >= 15 is 0 Å². The largest absolute Gasteiger partial charge is 0.471 e. The average Bonchev–Trinajstić information content (AvgIpc) is 3.35. The van der Waals surface area contributed by atoms with Crippen molar-refractivity contribution in [3.05, 3.63) is 70.9 Å². The number of rotatable bonds is 4. The van der Waals surface area contributed by atoms with Gasteiger partial charge in [0.25, 0.3) is 6.47 Å². The van der Waals surface area contributed by atoms with Crippen LogP contribution in [0.15, 0.2) is 42.5 Å². The molecule has 0 saturated carbocycles. The molecular weight excluding hydrogens is 390 g/mol. The molecule has 2 N–H and O–H groups in total. The molecule has 3 aromatic rings. The number of H-pyrrole nitrogens is 1. The molecule has 1 unspecified atom stereocenters. The van der Waals surface area contributed by atoms with Gasteiger partial charge < -0.3 is 15.0 Å². The van der Waals surface area contributed by atoms with E-state index in [1.54, 1.807) is 5.56 Å². The second-order valence-corrected chi connectivity index (χ2v) is 6.84. The normalized spacial score (nSPS) is 16.6. The van der Waals surface area contributed by atoms with Crippen molar-refractivity contribution in [1.82, 2.24) is 10.3 Å². The number of fused-ring (bicyclic) bond motifs is 2. The number of hydrogen-bond donors (Lipinski definition) is 2. The number of likely N-dealkylation sites (N-methyl/N-ethyl adjacent to an activating group) is 1. The summed E-state index contributed by atoms with van der Waals surface area (Å²) in [5.74, 6) is -0.620. The van der Waals surface area contributed by atoms with Crippen LogP contribution in [-0.4, -0.2) is 37.9 Å². The summed E-state index contributed by atoms with van der Waals surface area (Å²) in [5, 5.41) is 3.77. The van der Waals surface area contributed by atoms with Gasteiger partial charge >= 0.3 is 0 Å². The summed E-state index contributed by atoms with van der Waals surface area (Å²) >= 11 is 0. The Balaban J connectivity index is 0.000000182. The molecule has 2 atom stereocenters. The molecule has 30 heavy (non-hydrogen) atoms. The molecule has 1 aliphatic carbocycles. The molecule has 2 aromatic carbocycles. The zero-order chi connectivity index (χ0) is 22.1. The van der Waals surface area contributed by atoms with Crippen LogP contribution in [0.25, 0.3) is 10.9 Å². The summed E-state index contributed by atoms with van der Waals surface area (Å²) in [7, 11) is 3.38. The first-order valence-corrected chi connectivity index (χ1v) is 9.63. The third-order valence-corrected chi connectivity index (χ3v) is 5.08. The van der Waals surface area contributed by atoms with E-state index < -0.39 is 11.6 Å². The predicted octanol–water partition coefficient (Wildman–Crippen LogP) is 4.37. The lowest BCUT2D eigenvalue weighted by Crippen LogP contribution is -2.28. The highest BCUT2D eigenvalue weighted by atomic mass is 19.1. The number of nitrogens with one attached hydrogen (secondary N) is 2. The van der Waals surface area contributed by atoms with Gasteiger partial charge in [-0.15, -0.1) is 0 Å². The first-order valence-electron chi connectivity index (χ1n) is 9.63. The molecule has 1 aromatic heterocycles. The average molecular weight is 416 g/mol. The number of carbonyl (C=O) groups is 2. The Morgan fingerprint density at radius 3 is 2.50 bits per heavy atom. The van der Waals surface area contributed by atoms with E-state index in [1.807, 2.05) is 0 Å². The van der Waals surface area contributed by atoms with Crippen molar-refractivity contribution in [3.8, 4) is 0 Å². The summed E-state index contributed by atoms with van der Waals surface area (Å²) in [6, 6.07) is 12.8. The second kappa shape index (κ2) is 11.2. The van der Waals surface area contributed by atoms with Gasteiger partial charge in [-0.05, 0) is 49.1 Å². The molecule has 0 bridgehead atoms. The van der Waals surface area contributed by atoms with Crippen LogP contribution in [0.1, 0.15) is 40.9 Å². The Morgan fingerprint density at radius 2 is 1.90 bits per heavy atom. The summed E-state index contributed by atoms with van der Waals surface area (Å²) in [5.41, 5.74) is 3.49. The van der Waals surface area contributed by atoms with Gasteiger partial charge in [-0.2, -0.15) is 0 Å². The minimum absolute atomic E-state index is 0.156. The van der Waals surface area contributed by atoms with Gasteiger partial charge in [0.05, 0.1) is 18.3 Å². The van der Waals surface area contributed by atoms with Gasteiger partial charge in [0.2, 0.25) is 0 Å². The topological polar surface area (TPSA) is 71.2 Å². The number of carbonyl (C=O) groups excluding carboxylic acids is 2. The van der Waals surface area contributed by atoms with E-state index in [4.69, 9.17) is 4.79 Å². The number of aromatic amines is 1. The molecule has 0 fully saturated rings. The number of aldehydes is 1. The molecule has 4 rings (SSSR count). The van der Waals surface area contributed by atoms with E-state index in [9.17, 15) is 13.6 Å². The minimum atomic E-state index is -0.692. The highest BCUT2D eigenvalue weighted by Gasteiger charge is 2.29. The fourth-order valence-electron chi connectivity index (χ4n) is 3.74. The van der Waals surface area contributed by atoms with Crippen molar-refractivity contribution >= 4 is 23.7 Å². The number of ether oxygens (including phenoxy) is 1. The SMILES string of the molecule is CC[C@@H]1c2ccccc2CC1NC.COC=O.O=Cc1cc2cc(F)cc(F)c2[nH]1. The molecule has 1 aliphatic rings. The van der Waals surface area contributed by atoms with Crippen LogP contribution < -0.4 is 5.32 Å². The third kappa shape index (κ3) is 5.51. The molecular formula is C23H26F2N2O3. The molecule has 0 spiro atoms. The van der Waals surface area contributed by atoms with Crippen LogP contribution in [-0.2, 0) is 16.0 Å². The van der Waals surface area contributed by atoms with Crippen molar-refractivity contribution < 1.29 is 23.1 Å². The predicted molar refractivity (Wildman–Crippen MR) is 113 cm³/mol. The lowest BCUT2D eigenvalue weighted by Gasteiger charge is -2.17. The highest BCUT2D eigenvalue weighted by molar-refractivity contribution is 5.88. The van der Waals surface area contributed by atoms with Crippen molar-refractivity contribution in [2.75, 3.05) is 14.2 Å². The molecule has 160 valence electrons. The Hall–Kier alpha value is -3.06. The monoisotopic (exact) mass is 416 g/mol.